The van der Waals surface area contributed by atoms with E-state index in [2.05, 4.69) is 20.6 Å². The molecule has 0 unspecified atom stereocenters. The summed E-state index contributed by atoms with van der Waals surface area (Å²) >= 11 is 0. The van der Waals surface area contributed by atoms with Gasteiger partial charge in [0.15, 0.2) is 0 Å². The number of rotatable bonds is 5. The number of aromatic nitrogens is 2. The quantitative estimate of drug-likeness (QED) is 0.743. The topological polar surface area (TPSA) is 76.1 Å². The highest BCUT2D eigenvalue weighted by Crippen LogP contribution is 2.17. The molecule has 7 heteroatoms. The molecule has 2 N–H and O–H groups in total. The van der Waals surface area contributed by atoms with Crippen molar-refractivity contribution in [3.8, 4) is 5.75 Å². The zero-order valence-electron chi connectivity index (χ0n) is 13.4. The van der Waals surface area contributed by atoms with E-state index in [4.69, 9.17) is 4.74 Å². The van der Waals surface area contributed by atoms with E-state index in [1.807, 2.05) is 24.3 Å². The van der Waals surface area contributed by atoms with E-state index in [1.165, 1.54) is 36.7 Å². The number of benzene rings is 2. The van der Waals surface area contributed by atoms with Gasteiger partial charge in [-0.25, -0.2) is 14.4 Å². The normalized spacial score (nSPS) is 10.2. The molecule has 0 saturated heterocycles. The van der Waals surface area contributed by atoms with Crippen LogP contribution in [-0.4, -0.2) is 23.0 Å². The SMILES string of the molecule is COc1ccc(Nc2ncc(C(=O)Nc3ccc(F)cc3)cn2)cc1. The first-order valence-electron chi connectivity index (χ1n) is 7.44. The number of amides is 1. The molecule has 0 aliphatic heterocycles. The van der Waals surface area contributed by atoms with Crippen LogP contribution in [0.25, 0.3) is 0 Å². The summed E-state index contributed by atoms with van der Waals surface area (Å²) < 4.78 is 18.0. The number of nitrogens with one attached hydrogen (secondary N) is 2. The molecular formula is C18H15FN4O2. The Morgan fingerprint density at radius 2 is 1.56 bits per heavy atom. The van der Waals surface area contributed by atoms with Crippen LogP contribution in [0.1, 0.15) is 10.4 Å². The standard InChI is InChI=1S/C18H15FN4O2/c1-25-16-8-6-15(7-9-16)23-18-20-10-12(11-21-18)17(24)22-14-4-2-13(19)3-5-14/h2-11H,1H3,(H,22,24)(H,20,21,23). The summed E-state index contributed by atoms with van der Waals surface area (Å²) in [5.41, 5.74) is 1.58. The Bertz CT molecular complexity index is 850. The number of nitrogens with zero attached hydrogens (tertiary/aromatic N) is 2. The van der Waals surface area contributed by atoms with Crippen LogP contribution in [0.5, 0.6) is 5.75 Å². The van der Waals surface area contributed by atoms with Gasteiger partial charge in [0.05, 0.1) is 12.7 Å². The molecule has 3 aromatic rings. The maximum absolute atomic E-state index is 12.9. The van der Waals surface area contributed by atoms with Crippen molar-refractivity contribution in [2.45, 2.75) is 0 Å². The van der Waals surface area contributed by atoms with Crippen LogP contribution in [0.3, 0.4) is 0 Å². The summed E-state index contributed by atoms with van der Waals surface area (Å²) in [7, 11) is 1.60. The zero-order valence-corrected chi connectivity index (χ0v) is 13.4. The van der Waals surface area contributed by atoms with Gasteiger partial charge in [0.25, 0.3) is 5.91 Å². The molecule has 0 saturated carbocycles. The second kappa shape index (κ2) is 7.39. The fourth-order valence-corrected chi connectivity index (χ4v) is 2.05. The number of ether oxygens (including phenoxy) is 1. The highest BCUT2D eigenvalue weighted by Gasteiger charge is 2.08. The van der Waals surface area contributed by atoms with Gasteiger partial charge in [0, 0.05) is 23.8 Å². The second-order valence-corrected chi connectivity index (χ2v) is 5.11. The Morgan fingerprint density at radius 1 is 0.960 bits per heavy atom. The average molecular weight is 338 g/mol. The number of hydrogen-bond donors (Lipinski definition) is 2. The predicted octanol–water partition coefficient (Wildman–Crippen LogP) is 3.62. The molecule has 0 atom stereocenters. The molecule has 1 heterocycles. The average Bonchev–Trinajstić information content (AvgIpc) is 2.65. The zero-order chi connectivity index (χ0) is 17.6. The molecule has 0 aliphatic rings. The molecule has 3 rings (SSSR count). The van der Waals surface area contributed by atoms with Crippen LogP contribution < -0.4 is 15.4 Å². The minimum atomic E-state index is -0.373. The third-order valence-corrected chi connectivity index (χ3v) is 3.36. The lowest BCUT2D eigenvalue weighted by molar-refractivity contribution is 0.102. The van der Waals surface area contributed by atoms with Gasteiger partial charge in [0.1, 0.15) is 11.6 Å². The van der Waals surface area contributed by atoms with Crippen molar-refractivity contribution in [3.05, 3.63) is 72.3 Å². The molecule has 6 nitrogen and oxygen atoms in total. The van der Waals surface area contributed by atoms with E-state index < -0.39 is 0 Å². The second-order valence-electron chi connectivity index (χ2n) is 5.11. The van der Waals surface area contributed by atoms with Crippen molar-refractivity contribution in [1.82, 2.24) is 9.97 Å². The van der Waals surface area contributed by atoms with Crippen molar-refractivity contribution in [2.75, 3.05) is 17.7 Å². The summed E-state index contributed by atoms with van der Waals surface area (Å²) in [4.78, 5) is 20.4. The van der Waals surface area contributed by atoms with Gasteiger partial charge in [-0.05, 0) is 48.5 Å². The highest BCUT2D eigenvalue weighted by molar-refractivity contribution is 6.03. The van der Waals surface area contributed by atoms with Gasteiger partial charge in [-0.15, -0.1) is 0 Å². The smallest absolute Gasteiger partial charge is 0.258 e. The fourth-order valence-electron chi connectivity index (χ4n) is 2.05. The van der Waals surface area contributed by atoms with Gasteiger partial charge < -0.3 is 15.4 Å². The summed E-state index contributed by atoms with van der Waals surface area (Å²) in [5, 5.41) is 5.67. The van der Waals surface area contributed by atoms with Crippen molar-refractivity contribution in [3.63, 3.8) is 0 Å². The molecule has 1 amide bonds. The first-order chi connectivity index (χ1) is 12.1. The Balaban J connectivity index is 1.64. The van der Waals surface area contributed by atoms with Crippen LogP contribution in [0.15, 0.2) is 60.9 Å². The number of methoxy groups -OCH3 is 1. The van der Waals surface area contributed by atoms with E-state index in [1.54, 1.807) is 7.11 Å². The van der Waals surface area contributed by atoms with Gasteiger partial charge in [-0.2, -0.15) is 0 Å². The third kappa shape index (κ3) is 4.29. The summed E-state index contributed by atoms with van der Waals surface area (Å²) in [5.74, 6) is 0.376. The maximum Gasteiger partial charge on any atom is 0.258 e. The number of carbonyl (C=O) groups excluding carboxylic acids is 1. The monoisotopic (exact) mass is 338 g/mol. The van der Waals surface area contributed by atoms with Crippen molar-refractivity contribution in [1.29, 1.82) is 0 Å². The van der Waals surface area contributed by atoms with Crippen LogP contribution >= 0.6 is 0 Å². The van der Waals surface area contributed by atoms with Crippen molar-refractivity contribution < 1.29 is 13.9 Å². The van der Waals surface area contributed by atoms with Gasteiger partial charge in [-0.1, -0.05) is 0 Å². The molecule has 126 valence electrons. The van der Waals surface area contributed by atoms with E-state index in [-0.39, 0.29) is 11.7 Å². The highest BCUT2D eigenvalue weighted by atomic mass is 19.1. The molecule has 0 aliphatic carbocycles. The van der Waals surface area contributed by atoms with Crippen LogP contribution in [-0.2, 0) is 0 Å². The van der Waals surface area contributed by atoms with E-state index in [0.717, 1.165) is 11.4 Å². The Morgan fingerprint density at radius 3 is 2.16 bits per heavy atom. The largest absolute Gasteiger partial charge is 0.497 e. The first kappa shape index (κ1) is 16.4. The molecular weight excluding hydrogens is 323 g/mol. The number of carbonyl (C=O) groups is 1. The minimum absolute atomic E-state index is 0.296. The van der Waals surface area contributed by atoms with Crippen molar-refractivity contribution in [2.24, 2.45) is 0 Å². The van der Waals surface area contributed by atoms with Gasteiger partial charge in [-0.3, -0.25) is 4.79 Å². The van der Waals surface area contributed by atoms with E-state index >= 15 is 0 Å². The predicted molar refractivity (Wildman–Crippen MR) is 92.7 cm³/mol. The van der Waals surface area contributed by atoms with Crippen LogP contribution in [0.2, 0.25) is 0 Å². The Kier molecular flexibility index (Phi) is 4.84. The molecule has 25 heavy (non-hydrogen) atoms. The summed E-state index contributed by atoms with van der Waals surface area (Å²) in [6.45, 7) is 0. The number of anilines is 3. The molecule has 0 spiro atoms. The minimum Gasteiger partial charge on any atom is -0.497 e. The molecule has 0 radical (unpaired) electrons. The third-order valence-electron chi connectivity index (χ3n) is 3.36. The van der Waals surface area contributed by atoms with Crippen molar-refractivity contribution >= 4 is 23.2 Å². The first-order valence-corrected chi connectivity index (χ1v) is 7.44. The number of halogens is 1. The summed E-state index contributed by atoms with van der Waals surface area (Å²) in [6, 6.07) is 12.8. The maximum atomic E-state index is 12.9. The van der Waals surface area contributed by atoms with Gasteiger partial charge in [0.2, 0.25) is 5.95 Å². The van der Waals surface area contributed by atoms with E-state index in [0.29, 0.717) is 17.2 Å². The number of hydrogen-bond acceptors (Lipinski definition) is 5. The van der Waals surface area contributed by atoms with Crippen LogP contribution in [0.4, 0.5) is 21.7 Å². The molecule has 2 aromatic carbocycles. The van der Waals surface area contributed by atoms with E-state index in [9.17, 15) is 9.18 Å². The molecule has 0 fully saturated rings. The lowest BCUT2D eigenvalue weighted by atomic mass is 10.2. The summed E-state index contributed by atoms with van der Waals surface area (Å²) in [6.07, 6.45) is 2.83. The van der Waals surface area contributed by atoms with Gasteiger partial charge >= 0.3 is 0 Å². The Hall–Kier alpha value is -3.48. The lowest BCUT2D eigenvalue weighted by Gasteiger charge is -2.07. The Labute approximate surface area is 143 Å². The van der Waals surface area contributed by atoms with Crippen LogP contribution in [0, 0.1) is 5.82 Å². The molecule has 1 aromatic heterocycles. The lowest BCUT2D eigenvalue weighted by Crippen LogP contribution is -2.13. The fraction of sp³-hybridized carbons (Fsp3) is 0.0556. The molecule has 0 bridgehead atoms.